The van der Waals surface area contributed by atoms with Gasteiger partial charge in [0.05, 0.1) is 0 Å². The Morgan fingerprint density at radius 3 is 2.75 bits per heavy atom. The fourth-order valence-electron chi connectivity index (χ4n) is 1.27. The molecule has 0 amide bonds. The zero-order valence-electron chi connectivity index (χ0n) is 9.92. The minimum atomic E-state index is 0.231. The van der Waals surface area contributed by atoms with Crippen molar-refractivity contribution in [3.63, 3.8) is 0 Å². The smallest absolute Gasteiger partial charge is 0.188 e. The van der Waals surface area contributed by atoms with E-state index in [9.17, 15) is 0 Å². The van der Waals surface area contributed by atoms with E-state index in [4.69, 9.17) is 21.1 Å². The van der Waals surface area contributed by atoms with Gasteiger partial charge in [-0.15, -0.1) is 0 Å². The lowest BCUT2D eigenvalue weighted by molar-refractivity contribution is 0.0503. The minimum Gasteiger partial charge on any atom is -0.467 e. The van der Waals surface area contributed by atoms with Gasteiger partial charge >= 0.3 is 0 Å². The summed E-state index contributed by atoms with van der Waals surface area (Å²) in [4.78, 5) is 0. The molecule has 0 unspecified atom stereocenters. The Morgan fingerprint density at radius 1 is 1.38 bits per heavy atom. The van der Waals surface area contributed by atoms with Crippen molar-refractivity contribution in [3.8, 4) is 5.75 Å². The van der Waals surface area contributed by atoms with E-state index in [-0.39, 0.29) is 6.79 Å². The quantitative estimate of drug-likeness (QED) is 0.780. The van der Waals surface area contributed by atoms with Gasteiger partial charge in [0.1, 0.15) is 5.75 Å². The molecule has 0 aliphatic heterocycles. The number of hydrogen-bond acceptors (Lipinski definition) is 3. The topological polar surface area (TPSA) is 30.5 Å². The molecule has 4 heteroatoms. The summed E-state index contributed by atoms with van der Waals surface area (Å²) in [5.41, 5.74) is 0.968. The van der Waals surface area contributed by atoms with Crippen LogP contribution < -0.4 is 10.1 Å². The van der Waals surface area contributed by atoms with Gasteiger partial charge in [0.15, 0.2) is 6.79 Å². The van der Waals surface area contributed by atoms with Gasteiger partial charge in [-0.1, -0.05) is 31.5 Å². The van der Waals surface area contributed by atoms with E-state index >= 15 is 0 Å². The summed E-state index contributed by atoms with van der Waals surface area (Å²) < 4.78 is 10.3. The molecule has 0 atom stereocenters. The highest BCUT2D eigenvalue weighted by molar-refractivity contribution is 6.31. The fraction of sp³-hybridized carbons (Fsp3) is 0.500. The molecule has 0 radical (unpaired) electrons. The third kappa shape index (κ3) is 4.00. The highest BCUT2D eigenvalue weighted by Crippen LogP contribution is 2.26. The van der Waals surface area contributed by atoms with Gasteiger partial charge in [-0.2, -0.15) is 0 Å². The number of nitrogens with one attached hydrogen (secondary N) is 1. The van der Waals surface area contributed by atoms with Gasteiger partial charge in [0.2, 0.25) is 0 Å². The van der Waals surface area contributed by atoms with Gasteiger partial charge in [-0.05, 0) is 12.1 Å². The molecule has 1 aromatic rings. The Hall–Kier alpha value is -0.770. The molecule has 1 N–H and O–H groups in total. The number of methoxy groups -OCH3 is 1. The maximum atomic E-state index is 6.13. The molecule has 1 rings (SSSR count). The fourth-order valence-corrected chi connectivity index (χ4v) is 1.51. The molecular formula is C12H18ClNO2. The molecule has 0 saturated heterocycles. The summed E-state index contributed by atoms with van der Waals surface area (Å²) in [7, 11) is 1.59. The van der Waals surface area contributed by atoms with E-state index in [1.807, 2.05) is 18.2 Å². The van der Waals surface area contributed by atoms with Crippen LogP contribution in [0, 0.1) is 0 Å². The van der Waals surface area contributed by atoms with Gasteiger partial charge in [-0.25, -0.2) is 0 Å². The van der Waals surface area contributed by atoms with Crippen molar-refractivity contribution in [3.05, 3.63) is 28.8 Å². The summed E-state index contributed by atoms with van der Waals surface area (Å²) >= 11 is 6.13. The largest absolute Gasteiger partial charge is 0.467 e. The van der Waals surface area contributed by atoms with Crippen LogP contribution in [0.5, 0.6) is 5.75 Å². The molecule has 0 aliphatic carbocycles. The molecule has 0 saturated carbocycles. The number of hydrogen-bond donors (Lipinski definition) is 1. The van der Waals surface area contributed by atoms with Crippen molar-refractivity contribution in [1.82, 2.24) is 5.32 Å². The zero-order chi connectivity index (χ0) is 12.0. The first-order valence-electron chi connectivity index (χ1n) is 5.27. The lowest BCUT2D eigenvalue weighted by atomic mass is 10.2. The number of rotatable bonds is 6. The molecule has 90 valence electrons. The number of ether oxygens (including phenoxy) is 2. The Kier molecular flexibility index (Phi) is 5.60. The second-order valence-electron chi connectivity index (χ2n) is 3.80. The first kappa shape index (κ1) is 13.3. The Morgan fingerprint density at radius 2 is 2.12 bits per heavy atom. The van der Waals surface area contributed by atoms with Crippen molar-refractivity contribution >= 4 is 11.6 Å². The molecular weight excluding hydrogens is 226 g/mol. The first-order chi connectivity index (χ1) is 7.65. The Labute approximate surface area is 102 Å². The lowest BCUT2D eigenvalue weighted by Gasteiger charge is -2.14. The SMILES string of the molecule is COCOc1cccc(Cl)c1CNC(C)C. The molecule has 0 heterocycles. The zero-order valence-corrected chi connectivity index (χ0v) is 10.7. The van der Waals surface area contributed by atoms with Gasteiger partial charge in [0, 0.05) is 30.3 Å². The second kappa shape index (κ2) is 6.74. The van der Waals surface area contributed by atoms with Crippen molar-refractivity contribution in [1.29, 1.82) is 0 Å². The average molecular weight is 244 g/mol. The van der Waals surface area contributed by atoms with E-state index in [1.165, 1.54) is 0 Å². The number of benzene rings is 1. The molecule has 0 spiro atoms. The Balaban J connectivity index is 2.77. The predicted molar refractivity (Wildman–Crippen MR) is 65.9 cm³/mol. The lowest BCUT2D eigenvalue weighted by Crippen LogP contribution is -2.22. The Bertz CT molecular complexity index is 329. The van der Waals surface area contributed by atoms with Crippen molar-refractivity contribution in [2.45, 2.75) is 26.4 Å². The van der Waals surface area contributed by atoms with Crippen molar-refractivity contribution in [2.75, 3.05) is 13.9 Å². The molecule has 0 fully saturated rings. The van der Waals surface area contributed by atoms with Crippen molar-refractivity contribution < 1.29 is 9.47 Å². The maximum absolute atomic E-state index is 6.13. The standard InChI is InChI=1S/C12H18ClNO2/c1-9(2)14-7-10-11(13)5-4-6-12(10)16-8-15-3/h4-6,9,14H,7-8H2,1-3H3. The van der Waals surface area contributed by atoms with E-state index < -0.39 is 0 Å². The molecule has 1 aromatic carbocycles. The van der Waals surface area contributed by atoms with E-state index in [0.29, 0.717) is 17.6 Å². The summed E-state index contributed by atoms with van der Waals surface area (Å²) in [6, 6.07) is 6.03. The molecule has 0 aromatic heterocycles. The third-order valence-electron chi connectivity index (χ3n) is 2.10. The van der Waals surface area contributed by atoms with Gasteiger partial charge < -0.3 is 14.8 Å². The number of halogens is 1. The minimum absolute atomic E-state index is 0.231. The van der Waals surface area contributed by atoms with Crippen LogP contribution in [0.3, 0.4) is 0 Å². The van der Waals surface area contributed by atoms with Gasteiger partial charge in [-0.3, -0.25) is 0 Å². The predicted octanol–water partition coefficient (Wildman–Crippen LogP) is 2.82. The molecule has 0 aliphatic rings. The van der Waals surface area contributed by atoms with E-state index in [0.717, 1.165) is 11.3 Å². The summed E-state index contributed by atoms with van der Waals surface area (Å²) in [5.74, 6) is 0.766. The summed E-state index contributed by atoms with van der Waals surface area (Å²) in [5, 5.41) is 4.02. The van der Waals surface area contributed by atoms with Crippen LogP contribution in [0.1, 0.15) is 19.4 Å². The van der Waals surface area contributed by atoms with Crippen molar-refractivity contribution in [2.24, 2.45) is 0 Å². The third-order valence-corrected chi connectivity index (χ3v) is 2.45. The maximum Gasteiger partial charge on any atom is 0.188 e. The average Bonchev–Trinajstić information content (AvgIpc) is 2.24. The van der Waals surface area contributed by atoms with Crippen LogP contribution in [0.2, 0.25) is 5.02 Å². The van der Waals surface area contributed by atoms with Crippen LogP contribution >= 0.6 is 11.6 Å². The van der Waals surface area contributed by atoms with Crippen LogP contribution in [0.25, 0.3) is 0 Å². The van der Waals surface area contributed by atoms with Crippen LogP contribution in [-0.4, -0.2) is 19.9 Å². The van der Waals surface area contributed by atoms with Crippen LogP contribution in [-0.2, 0) is 11.3 Å². The molecule has 3 nitrogen and oxygen atoms in total. The molecule has 16 heavy (non-hydrogen) atoms. The normalized spacial score (nSPS) is 10.8. The summed E-state index contributed by atoms with van der Waals surface area (Å²) in [6.45, 7) is 5.10. The first-order valence-corrected chi connectivity index (χ1v) is 5.65. The van der Waals surface area contributed by atoms with E-state index in [1.54, 1.807) is 7.11 Å². The van der Waals surface area contributed by atoms with Crippen LogP contribution in [0.15, 0.2) is 18.2 Å². The second-order valence-corrected chi connectivity index (χ2v) is 4.21. The van der Waals surface area contributed by atoms with Crippen LogP contribution in [0.4, 0.5) is 0 Å². The van der Waals surface area contributed by atoms with Gasteiger partial charge in [0.25, 0.3) is 0 Å². The molecule has 0 bridgehead atoms. The monoisotopic (exact) mass is 243 g/mol. The highest BCUT2D eigenvalue weighted by atomic mass is 35.5. The highest BCUT2D eigenvalue weighted by Gasteiger charge is 2.08. The summed E-state index contributed by atoms with van der Waals surface area (Å²) in [6.07, 6.45) is 0. The van der Waals surface area contributed by atoms with E-state index in [2.05, 4.69) is 19.2 Å².